The van der Waals surface area contributed by atoms with Crippen LogP contribution in [0.1, 0.15) is 11.7 Å². The first kappa shape index (κ1) is 16.1. The lowest BCUT2D eigenvalue weighted by atomic mass is 10.1. The predicted octanol–water partition coefficient (Wildman–Crippen LogP) is 3.16. The second kappa shape index (κ2) is 6.86. The maximum Gasteiger partial charge on any atom is 0.146 e. The van der Waals surface area contributed by atoms with Crippen molar-refractivity contribution in [2.24, 2.45) is 0 Å². The first-order valence-corrected chi connectivity index (χ1v) is 8.67. The van der Waals surface area contributed by atoms with Gasteiger partial charge in [0.1, 0.15) is 5.82 Å². The van der Waals surface area contributed by atoms with E-state index in [1.165, 1.54) is 6.07 Å². The summed E-state index contributed by atoms with van der Waals surface area (Å²) in [6, 6.07) is 14.9. The molecular weight excluding hydrogens is 317 g/mol. The monoisotopic (exact) mass is 339 g/mol. The summed E-state index contributed by atoms with van der Waals surface area (Å²) in [5, 5.41) is 11.7. The Labute approximate surface area is 146 Å². The zero-order valence-corrected chi connectivity index (χ0v) is 14.0. The van der Waals surface area contributed by atoms with Crippen LogP contribution in [0.15, 0.2) is 54.7 Å². The number of aliphatic hydroxyl groups excluding tert-OH is 1. The highest BCUT2D eigenvalue weighted by atomic mass is 19.1. The van der Waals surface area contributed by atoms with Gasteiger partial charge in [-0.1, -0.05) is 24.3 Å². The van der Waals surface area contributed by atoms with E-state index < -0.39 is 6.10 Å². The average Bonchev–Trinajstić information content (AvgIpc) is 3.10. The fourth-order valence-electron chi connectivity index (χ4n) is 3.50. The molecule has 4 rings (SSSR count). The molecule has 1 atom stereocenters. The van der Waals surface area contributed by atoms with Crippen molar-refractivity contribution in [3.63, 3.8) is 0 Å². The van der Waals surface area contributed by atoms with Gasteiger partial charge in [-0.2, -0.15) is 0 Å². The van der Waals surface area contributed by atoms with Gasteiger partial charge in [-0.15, -0.1) is 0 Å². The number of anilines is 1. The number of aromatic amines is 1. The number of halogens is 1. The van der Waals surface area contributed by atoms with Gasteiger partial charge in [0.15, 0.2) is 0 Å². The van der Waals surface area contributed by atoms with Crippen molar-refractivity contribution in [3.05, 3.63) is 66.1 Å². The normalized spacial score (nSPS) is 17.1. The highest BCUT2D eigenvalue weighted by Gasteiger charge is 2.21. The van der Waals surface area contributed by atoms with Gasteiger partial charge in [-0.05, 0) is 35.2 Å². The SMILES string of the molecule is O[C@@H](CN1CCN(c2ccccc2F)CC1)c1ccc2cc[nH]c2c1. The number of nitrogens with zero attached hydrogens (tertiary/aromatic N) is 2. The van der Waals surface area contributed by atoms with Crippen molar-refractivity contribution in [1.82, 2.24) is 9.88 Å². The van der Waals surface area contributed by atoms with Gasteiger partial charge in [0, 0.05) is 44.4 Å². The number of aliphatic hydroxyl groups is 1. The van der Waals surface area contributed by atoms with Crippen LogP contribution < -0.4 is 4.90 Å². The number of hydrogen-bond acceptors (Lipinski definition) is 3. The number of fused-ring (bicyclic) bond motifs is 1. The molecule has 1 aromatic heterocycles. The summed E-state index contributed by atoms with van der Waals surface area (Å²) in [6.07, 6.45) is 1.38. The summed E-state index contributed by atoms with van der Waals surface area (Å²) >= 11 is 0. The number of rotatable bonds is 4. The minimum atomic E-state index is -0.521. The Kier molecular flexibility index (Phi) is 4.42. The first-order chi connectivity index (χ1) is 12.2. The molecule has 0 amide bonds. The zero-order valence-electron chi connectivity index (χ0n) is 14.0. The minimum Gasteiger partial charge on any atom is -0.387 e. The van der Waals surface area contributed by atoms with E-state index in [9.17, 15) is 9.50 Å². The van der Waals surface area contributed by atoms with Gasteiger partial charge in [0.2, 0.25) is 0 Å². The van der Waals surface area contributed by atoms with Crippen molar-refractivity contribution in [1.29, 1.82) is 0 Å². The molecule has 0 radical (unpaired) electrons. The van der Waals surface area contributed by atoms with Gasteiger partial charge < -0.3 is 15.0 Å². The van der Waals surface area contributed by atoms with Crippen molar-refractivity contribution >= 4 is 16.6 Å². The minimum absolute atomic E-state index is 0.171. The highest BCUT2D eigenvalue weighted by molar-refractivity contribution is 5.79. The van der Waals surface area contributed by atoms with Crippen LogP contribution in [0.25, 0.3) is 10.9 Å². The lowest BCUT2D eigenvalue weighted by Crippen LogP contribution is -2.47. The van der Waals surface area contributed by atoms with E-state index in [0.29, 0.717) is 12.2 Å². The van der Waals surface area contributed by atoms with Crippen LogP contribution >= 0.6 is 0 Å². The van der Waals surface area contributed by atoms with Crippen LogP contribution in [-0.4, -0.2) is 47.7 Å². The average molecular weight is 339 g/mol. The van der Waals surface area contributed by atoms with Gasteiger partial charge >= 0.3 is 0 Å². The van der Waals surface area contributed by atoms with E-state index in [-0.39, 0.29) is 5.82 Å². The maximum atomic E-state index is 13.9. The summed E-state index contributed by atoms with van der Waals surface area (Å²) in [5.41, 5.74) is 2.63. The fourth-order valence-corrected chi connectivity index (χ4v) is 3.50. The number of aromatic nitrogens is 1. The summed E-state index contributed by atoms with van der Waals surface area (Å²) < 4.78 is 13.9. The van der Waals surface area contributed by atoms with Gasteiger partial charge in [0.25, 0.3) is 0 Å². The van der Waals surface area contributed by atoms with E-state index >= 15 is 0 Å². The van der Waals surface area contributed by atoms with Crippen molar-refractivity contribution in [3.8, 4) is 0 Å². The van der Waals surface area contributed by atoms with Crippen LogP contribution in [-0.2, 0) is 0 Å². The largest absolute Gasteiger partial charge is 0.387 e. The molecule has 3 aromatic rings. The Morgan fingerprint density at radius 3 is 2.64 bits per heavy atom. The van der Waals surface area contributed by atoms with E-state index in [1.54, 1.807) is 6.07 Å². The second-order valence-corrected chi connectivity index (χ2v) is 6.58. The molecule has 0 aliphatic carbocycles. The van der Waals surface area contributed by atoms with E-state index in [0.717, 1.165) is 42.6 Å². The van der Waals surface area contributed by atoms with Gasteiger partial charge in [-0.3, -0.25) is 4.90 Å². The molecule has 0 bridgehead atoms. The van der Waals surface area contributed by atoms with Crippen LogP contribution in [0, 0.1) is 5.82 Å². The third-order valence-electron chi connectivity index (χ3n) is 4.96. The first-order valence-electron chi connectivity index (χ1n) is 8.67. The predicted molar refractivity (Wildman–Crippen MR) is 98.3 cm³/mol. The van der Waals surface area contributed by atoms with E-state index in [4.69, 9.17) is 0 Å². The fraction of sp³-hybridized carbons (Fsp3) is 0.300. The smallest absolute Gasteiger partial charge is 0.146 e. The molecule has 1 aliphatic heterocycles. The number of nitrogens with one attached hydrogen (secondary N) is 1. The van der Waals surface area contributed by atoms with Crippen molar-refractivity contribution in [2.45, 2.75) is 6.10 Å². The zero-order chi connectivity index (χ0) is 17.2. The molecular formula is C20H22FN3O. The molecule has 5 heteroatoms. The number of hydrogen-bond donors (Lipinski definition) is 2. The molecule has 25 heavy (non-hydrogen) atoms. The summed E-state index contributed by atoms with van der Waals surface area (Å²) in [5.74, 6) is -0.171. The summed E-state index contributed by atoms with van der Waals surface area (Å²) in [4.78, 5) is 7.49. The summed E-state index contributed by atoms with van der Waals surface area (Å²) in [6.45, 7) is 3.76. The number of piperazine rings is 1. The molecule has 0 saturated carbocycles. The molecule has 130 valence electrons. The highest BCUT2D eigenvalue weighted by Crippen LogP contribution is 2.23. The quantitative estimate of drug-likeness (QED) is 0.767. The van der Waals surface area contributed by atoms with Gasteiger partial charge in [0.05, 0.1) is 11.8 Å². The van der Waals surface area contributed by atoms with E-state index in [2.05, 4.69) is 14.8 Å². The molecule has 0 spiro atoms. The molecule has 1 saturated heterocycles. The molecule has 2 aromatic carbocycles. The lowest BCUT2D eigenvalue weighted by Gasteiger charge is -2.37. The lowest BCUT2D eigenvalue weighted by molar-refractivity contribution is 0.109. The maximum absolute atomic E-state index is 13.9. The standard InChI is InChI=1S/C20H22FN3O/c21-17-3-1-2-4-19(17)24-11-9-23(10-12-24)14-20(25)16-6-5-15-7-8-22-18(15)13-16/h1-8,13,20,22,25H,9-12,14H2/t20-/m0/s1. The van der Waals surface area contributed by atoms with Crippen molar-refractivity contribution in [2.75, 3.05) is 37.6 Å². The number of para-hydroxylation sites is 1. The number of β-amino-alcohol motifs (C(OH)–C–C–N with tert-alkyl or cyclic N) is 1. The van der Waals surface area contributed by atoms with Crippen molar-refractivity contribution < 1.29 is 9.50 Å². The Morgan fingerprint density at radius 1 is 1.04 bits per heavy atom. The van der Waals surface area contributed by atoms with Crippen LogP contribution in [0.4, 0.5) is 10.1 Å². The topological polar surface area (TPSA) is 42.5 Å². The molecule has 0 unspecified atom stereocenters. The number of benzene rings is 2. The van der Waals surface area contributed by atoms with E-state index in [1.807, 2.05) is 42.6 Å². The molecule has 2 heterocycles. The Morgan fingerprint density at radius 2 is 1.84 bits per heavy atom. The third kappa shape index (κ3) is 3.38. The van der Waals surface area contributed by atoms with Crippen LogP contribution in [0.5, 0.6) is 0 Å². The Balaban J connectivity index is 1.37. The molecule has 2 N–H and O–H groups in total. The summed E-state index contributed by atoms with van der Waals surface area (Å²) in [7, 11) is 0. The third-order valence-corrected chi connectivity index (χ3v) is 4.96. The molecule has 1 fully saturated rings. The second-order valence-electron chi connectivity index (χ2n) is 6.58. The number of H-pyrrole nitrogens is 1. The Bertz CT molecular complexity index is 855. The Hall–Kier alpha value is -2.37. The van der Waals surface area contributed by atoms with Crippen LogP contribution in [0.3, 0.4) is 0 Å². The van der Waals surface area contributed by atoms with Crippen LogP contribution in [0.2, 0.25) is 0 Å². The molecule has 4 nitrogen and oxygen atoms in total. The van der Waals surface area contributed by atoms with Gasteiger partial charge in [-0.25, -0.2) is 4.39 Å². The molecule has 1 aliphatic rings.